The van der Waals surface area contributed by atoms with Crippen LogP contribution in [0.25, 0.3) is 0 Å². The average Bonchev–Trinajstić information content (AvgIpc) is 2.89. The topological polar surface area (TPSA) is 92.4 Å². The van der Waals surface area contributed by atoms with Gasteiger partial charge in [0.2, 0.25) is 10.0 Å². The van der Waals surface area contributed by atoms with Gasteiger partial charge in [0.05, 0.1) is 4.90 Å². The van der Waals surface area contributed by atoms with Crippen LogP contribution in [0, 0.1) is 24.6 Å². The maximum atomic E-state index is 13.6. The van der Waals surface area contributed by atoms with Gasteiger partial charge in [0.1, 0.15) is 5.82 Å². The molecule has 1 fully saturated rings. The summed E-state index contributed by atoms with van der Waals surface area (Å²) < 4.78 is 40.5. The van der Waals surface area contributed by atoms with E-state index in [9.17, 15) is 17.9 Å². The molecule has 1 aliphatic rings. The summed E-state index contributed by atoms with van der Waals surface area (Å²) in [6, 6.07) is 2.24. The Hall–Kier alpha value is -1.18. The van der Waals surface area contributed by atoms with Crippen LogP contribution in [0.1, 0.15) is 24.8 Å². The molecule has 2 atom stereocenters. The SMILES string of the molecule is Cc1c(N)cc(S(=O)(=O)NCC2CCCC2CO)cc1F. The van der Waals surface area contributed by atoms with E-state index in [1.807, 2.05) is 0 Å². The van der Waals surface area contributed by atoms with E-state index < -0.39 is 15.8 Å². The lowest BCUT2D eigenvalue weighted by molar-refractivity contribution is 0.195. The second-order valence-electron chi connectivity index (χ2n) is 5.60. The van der Waals surface area contributed by atoms with Gasteiger partial charge in [0.25, 0.3) is 0 Å². The standard InChI is InChI=1S/C14H21FN2O3S/c1-9-13(15)5-12(6-14(9)16)21(19,20)17-7-10-3-2-4-11(10)8-18/h5-6,10-11,17-18H,2-4,7-8,16H2,1H3. The monoisotopic (exact) mass is 316 g/mol. The smallest absolute Gasteiger partial charge is 0.240 e. The number of benzene rings is 1. The van der Waals surface area contributed by atoms with Gasteiger partial charge in [0, 0.05) is 24.4 Å². The van der Waals surface area contributed by atoms with Crippen molar-refractivity contribution in [1.82, 2.24) is 4.72 Å². The predicted octanol–water partition coefficient (Wildman–Crippen LogP) is 1.40. The van der Waals surface area contributed by atoms with Crippen molar-refractivity contribution in [2.24, 2.45) is 11.8 Å². The number of hydrogen-bond donors (Lipinski definition) is 3. The quantitative estimate of drug-likeness (QED) is 0.716. The van der Waals surface area contributed by atoms with Gasteiger partial charge in [-0.05, 0) is 43.7 Å². The van der Waals surface area contributed by atoms with Gasteiger partial charge in [-0.1, -0.05) is 6.42 Å². The van der Waals surface area contributed by atoms with Crippen LogP contribution in [0.2, 0.25) is 0 Å². The Balaban J connectivity index is 2.12. The molecular formula is C14H21FN2O3S. The van der Waals surface area contributed by atoms with Crippen molar-refractivity contribution in [3.05, 3.63) is 23.5 Å². The van der Waals surface area contributed by atoms with E-state index in [2.05, 4.69) is 4.72 Å². The minimum absolute atomic E-state index is 0.0680. The maximum absolute atomic E-state index is 13.6. The van der Waals surface area contributed by atoms with Gasteiger partial charge in [-0.25, -0.2) is 17.5 Å². The summed E-state index contributed by atoms with van der Waals surface area (Å²) in [5.41, 5.74) is 5.97. The minimum Gasteiger partial charge on any atom is -0.398 e. The number of halogens is 1. The first-order valence-corrected chi connectivity index (χ1v) is 8.49. The third-order valence-electron chi connectivity index (χ3n) is 4.25. The first-order valence-electron chi connectivity index (χ1n) is 7.01. The van der Waals surface area contributed by atoms with Gasteiger partial charge >= 0.3 is 0 Å². The number of aliphatic hydroxyl groups is 1. The summed E-state index contributed by atoms with van der Waals surface area (Å²) in [6.07, 6.45) is 2.79. The van der Waals surface area contributed by atoms with Crippen LogP contribution in [0.5, 0.6) is 0 Å². The molecule has 4 N–H and O–H groups in total. The largest absolute Gasteiger partial charge is 0.398 e. The molecule has 2 unspecified atom stereocenters. The van der Waals surface area contributed by atoms with Crippen LogP contribution in [0.15, 0.2) is 17.0 Å². The van der Waals surface area contributed by atoms with Crippen molar-refractivity contribution in [2.45, 2.75) is 31.1 Å². The Bertz CT molecular complexity index is 596. The molecule has 1 aromatic rings. The zero-order valence-electron chi connectivity index (χ0n) is 12.0. The van der Waals surface area contributed by atoms with Gasteiger partial charge in [-0.15, -0.1) is 0 Å². The zero-order valence-corrected chi connectivity index (χ0v) is 12.8. The van der Waals surface area contributed by atoms with Crippen LogP contribution < -0.4 is 10.5 Å². The highest BCUT2D eigenvalue weighted by Crippen LogP contribution is 2.31. The number of hydrogen-bond acceptors (Lipinski definition) is 4. The van der Waals surface area contributed by atoms with E-state index in [1.54, 1.807) is 0 Å². The summed E-state index contributed by atoms with van der Waals surface area (Å²) in [5.74, 6) is -0.380. The van der Waals surface area contributed by atoms with Crippen molar-refractivity contribution in [2.75, 3.05) is 18.9 Å². The Labute approximate surface area is 124 Å². The Morgan fingerprint density at radius 2 is 2.05 bits per heavy atom. The van der Waals surface area contributed by atoms with Crippen molar-refractivity contribution in [1.29, 1.82) is 0 Å². The van der Waals surface area contributed by atoms with Crippen LogP contribution >= 0.6 is 0 Å². The van der Waals surface area contributed by atoms with E-state index in [1.165, 1.54) is 13.0 Å². The van der Waals surface area contributed by atoms with Crippen LogP contribution in [-0.2, 0) is 10.0 Å². The Morgan fingerprint density at radius 1 is 1.38 bits per heavy atom. The molecule has 21 heavy (non-hydrogen) atoms. The summed E-state index contributed by atoms with van der Waals surface area (Å²) in [6.45, 7) is 1.82. The molecule has 118 valence electrons. The van der Waals surface area contributed by atoms with Crippen LogP contribution in [0.3, 0.4) is 0 Å². The van der Waals surface area contributed by atoms with Crippen molar-refractivity contribution < 1.29 is 17.9 Å². The molecule has 1 saturated carbocycles. The molecule has 1 aromatic carbocycles. The van der Waals surface area contributed by atoms with Crippen molar-refractivity contribution in [3.63, 3.8) is 0 Å². The molecule has 0 radical (unpaired) electrons. The molecule has 1 aliphatic carbocycles. The number of nitrogens with two attached hydrogens (primary N) is 1. The predicted molar refractivity (Wildman–Crippen MR) is 78.7 cm³/mol. The van der Waals surface area contributed by atoms with Gasteiger partial charge in [-0.2, -0.15) is 0 Å². The fourth-order valence-corrected chi connectivity index (χ4v) is 3.89. The van der Waals surface area contributed by atoms with Crippen molar-refractivity contribution >= 4 is 15.7 Å². The number of nitrogen functional groups attached to an aromatic ring is 1. The summed E-state index contributed by atoms with van der Waals surface area (Å²) >= 11 is 0. The average molecular weight is 316 g/mol. The summed E-state index contributed by atoms with van der Waals surface area (Å²) in [7, 11) is -3.79. The van der Waals surface area contributed by atoms with Crippen molar-refractivity contribution in [3.8, 4) is 0 Å². The van der Waals surface area contributed by atoms with E-state index in [0.717, 1.165) is 25.3 Å². The number of rotatable bonds is 5. The summed E-state index contributed by atoms with van der Waals surface area (Å²) in [4.78, 5) is -0.165. The van der Waals surface area contributed by atoms with Gasteiger partial charge in [-0.3, -0.25) is 0 Å². The third kappa shape index (κ3) is 3.53. The number of aliphatic hydroxyl groups excluding tert-OH is 1. The molecule has 0 amide bonds. The maximum Gasteiger partial charge on any atom is 0.240 e. The highest BCUT2D eigenvalue weighted by Gasteiger charge is 2.28. The molecule has 0 bridgehead atoms. The third-order valence-corrected chi connectivity index (χ3v) is 5.66. The first kappa shape index (κ1) is 16.2. The van der Waals surface area contributed by atoms with Gasteiger partial charge < -0.3 is 10.8 Å². The second-order valence-corrected chi connectivity index (χ2v) is 7.37. The molecule has 0 heterocycles. The summed E-state index contributed by atoms with van der Waals surface area (Å²) in [5, 5.41) is 9.24. The Kier molecular flexibility index (Phi) is 4.85. The van der Waals surface area contributed by atoms with E-state index >= 15 is 0 Å². The lowest BCUT2D eigenvalue weighted by atomic mass is 9.97. The molecule has 2 rings (SSSR count). The van der Waals surface area contributed by atoms with Gasteiger partial charge in [0.15, 0.2) is 0 Å². The molecular weight excluding hydrogens is 295 g/mol. The van der Waals surface area contributed by atoms with E-state index in [4.69, 9.17) is 5.73 Å². The minimum atomic E-state index is -3.79. The normalized spacial score (nSPS) is 22.6. The lowest BCUT2D eigenvalue weighted by Crippen LogP contribution is -2.31. The molecule has 0 spiro atoms. The van der Waals surface area contributed by atoms with E-state index in [0.29, 0.717) is 0 Å². The second kappa shape index (κ2) is 6.29. The number of anilines is 1. The fourth-order valence-electron chi connectivity index (χ4n) is 2.75. The molecule has 7 heteroatoms. The molecule has 0 aromatic heterocycles. The zero-order chi connectivity index (χ0) is 15.6. The van der Waals surface area contributed by atoms with E-state index in [-0.39, 0.29) is 41.1 Å². The molecule has 5 nitrogen and oxygen atoms in total. The number of nitrogens with one attached hydrogen (secondary N) is 1. The highest BCUT2D eigenvalue weighted by molar-refractivity contribution is 7.89. The first-order chi connectivity index (χ1) is 9.85. The Morgan fingerprint density at radius 3 is 2.67 bits per heavy atom. The molecule has 0 aliphatic heterocycles. The lowest BCUT2D eigenvalue weighted by Gasteiger charge is -2.18. The van der Waals surface area contributed by atoms with Crippen LogP contribution in [-0.4, -0.2) is 26.7 Å². The highest BCUT2D eigenvalue weighted by atomic mass is 32.2. The molecule has 0 saturated heterocycles. The fraction of sp³-hybridized carbons (Fsp3) is 0.571. The number of sulfonamides is 1. The van der Waals surface area contributed by atoms with Crippen LogP contribution in [0.4, 0.5) is 10.1 Å².